The van der Waals surface area contributed by atoms with Gasteiger partial charge in [-0.15, -0.1) is 0 Å². The van der Waals surface area contributed by atoms with Gasteiger partial charge in [-0.2, -0.15) is 4.39 Å². The molecule has 2 nitrogen and oxygen atoms in total. The van der Waals surface area contributed by atoms with Crippen LogP contribution in [0.3, 0.4) is 0 Å². The van der Waals surface area contributed by atoms with Crippen molar-refractivity contribution in [1.82, 2.24) is 0 Å². The second-order valence-electron chi connectivity index (χ2n) is 1.95. The van der Waals surface area contributed by atoms with E-state index in [-0.39, 0.29) is 6.61 Å². The molecule has 64 valence electrons. The van der Waals surface area contributed by atoms with Gasteiger partial charge in [0, 0.05) is 5.33 Å². The molecule has 0 aromatic carbocycles. The number of carbonyl (C=O) groups is 1. The topological polar surface area (TPSA) is 26.3 Å². The van der Waals surface area contributed by atoms with Gasteiger partial charge in [-0.3, -0.25) is 0 Å². The van der Waals surface area contributed by atoms with Crippen LogP contribution in [-0.2, 0) is 9.53 Å². The van der Waals surface area contributed by atoms with E-state index in [1.54, 1.807) is 6.92 Å². The van der Waals surface area contributed by atoms with Crippen molar-refractivity contribution in [3.63, 3.8) is 0 Å². The van der Waals surface area contributed by atoms with E-state index in [1.165, 1.54) is 6.92 Å². The third-order valence-corrected chi connectivity index (χ3v) is 1.87. The molecule has 0 aliphatic carbocycles. The summed E-state index contributed by atoms with van der Waals surface area (Å²) in [7, 11) is 0. The average Bonchev–Trinajstić information content (AvgIpc) is 2.02. The van der Waals surface area contributed by atoms with E-state index in [0.717, 1.165) is 0 Å². The molecule has 0 saturated carbocycles. The van der Waals surface area contributed by atoms with Crippen molar-refractivity contribution in [1.29, 1.82) is 0 Å². The van der Waals surface area contributed by atoms with Gasteiger partial charge in [-0.1, -0.05) is 15.9 Å². The molecule has 0 aromatic heterocycles. The predicted molar refractivity (Wildman–Crippen MR) is 44.2 cm³/mol. The number of ether oxygens (including phenoxy) is 1. The fourth-order valence-electron chi connectivity index (χ4n) is 0.427. The highest BCUT2D eigenvalue weighted by atomic mass is 79.9. The molecule has 0 spiro atoms. The maximum absolute atomic E-state index is 12.8. The van der Waals surface area contributed by atoms with Gasteiger partial charge in [-0.05, 0) is 19.4 Å². The van der Waals surface area contributed by atoms with Crippen molar-refractivity contribution < 1.29 is 13.9 Å². The van der Waals surface area contributed by atoms with Gasteiger partial charge in [0.05, 0.1) is 6.61 Å². The van der Waals surface area contributed by atoms with Crippen LogP contribution in [-0.4, -0.2) is 17.9 Å². The Balaban J connectivity index is 4.22. The van der Waals surface area contributed by atoms with Crippen molar-refractivity contribution in [3.8, 4) is 0 Å². The van der Waals surface area contributed by atoms with Crippen LogP contribution < -0.4 is 0 Å². The zero-order valence-corrected chi connectivity index (χ0v) is 8.07. The summed E-state index contributed by atoms with van der Waals surface area (Å²) in [6, 6.07) is 0. The number of carbonyl (C=O) groups excluding carboxylic acids is 1. The maximum atomic E-state index is 12.8. The summed E-state index contributed by atoms with van der Waals surface area (Å²) >= 11 is 3.03. The smallest absolute Gasteiger partial charge is 0.367 e. The molecule has 0 saturated heterocycles. The summed E-state index contributed by atoms with van der Waals surface area (Å²) in [5, 5.41) is 0.345. The highest BCUT2D eigenvalue weighted by molar-refractivity contribution is 9.09. The van der Waals surface area contributed by atoms with E-state index in [4.69, 9.17) is 0 Å². The van der Waals surface area contributed by atoms with Gasteiger partial charge in [0.2, 0.25) is 5.83 Å². The molecule has 0 N–H and O–H groups in total. The average molecular weight is 225 g/mol. The quantitative estimate of drug-likeness (QED) is 0.418. The van der Waals surface area contributed by atoms with Gasteiger partial charge < -0.3 is 4.74 Å². The molecular weight excluding hydrogens is 215 g/mol. The number of rotatable bonds is 3. The lowest BCUT2D eigenvalue weighted by Crippen LogP contribution is -2.06. The van der Waals surface area contributed by atoms with Gasteiger partial charge in [0.15, 0.2) is 0 Å². The Morgan fingerprint density at radius 2 is 2.18 bits per heavy atom. The first-order valence-electron chi connectivity index (χ1n) is 3.21. The van der Waals surface area contributed by atoms with E-state index in [9.17, 15) is 9.18 Å². The van der Waals surface area contributed by atoms with Crippen LogP contribution in [0.4, 0.5) is 4.39 Å². The van der Waals surface area contributed by atoms with Crippen LogP contribution in [0.2, 0.25) is 0 Å². The molecule has 0 unspecified atom stereocenters. The molecule has 0 aliphatic heterocycles. The number of alkyl halides is 1. The first-order valence-corrected chi connectivity index (χ1v) is 4.34. The first kappa shape index (κ1) is 10.6. The fourth-order valence-corrected chi connectivity index (χ4v) is 0.674. The second-order valence-corrected chi connectivity index (χ2v) is 2.51. The van der Waals surface area contributed by atoms with Gasteiger partial charge >= 0.3 is 5.97 Å². The minimum Gasteiger partial charge on any atom is -0.461 e. The van der Waals surface area contributed by atoms with Crippen LogP contribution >= 0.6 is 15.9 Å². The molecule has 0 aliphatic rings. The maximum Gasteiger partial charge on any atom is 0.367 e. The highest BCUT2D eigenvalue weighted by Crippen LogP contribution is 2.09. The fraction of sp³-hybridized carbons (Fsp3) is 0.571. The van der Waals surface area contributed by atoms with Crippen molar-refractivity contribution in [2.75, 3.05) is 11.9 Å². The van der Waals surface area contributed by atoms with Crippen LogP contribution in [0.25, 0.3) is 0 Å². The summed E-state index contributed by atoms with van der Waals surface area (Å²) in [6.07, 6.45) is 0. The Morgan fingerprint density at radius 1 is 1.64 bits per heavy atom. The minimum atomic E-state index is -0.885. The lowest BCUT2D eigenvalue weighted by Gasteiger charge is -2.00. The Bertz CT molecular complexity index is 177. The largest absolute Gasteiger partial charge is 0.461 e. The Morgan fingerprint density at radius 3 is 2.55 bits per heavy atom. The van der Waals surface area contributed by atoms with Crippen LogP contribution in [0.5, 0.6) is 0 Å². The molecule has 11 heavy (non-hydrogen) atoms. The number of hydrogen-bond acceptors (Lipinski definition) is 2. The monoisotopic (exact) mass is 224 g/mol. The summed E-state index contributed by atoms with van der Waals surface area (Å²) in [5.41, 5.74) is 0.350. The lowest BCUT2D eigenvalue weighted by atomic mass is 10.3. The first-order chi connectivity index (χ1) is 5.13. The zero-order valence-electron chi connectivity index (χ0n) is 6.49. The Hall–Kier alpha value is -0.380. The molecule has 0 atom stereocenters. The molecule has 0 bridgehead atoms. The summed E-state index contributed by atoms with van der Waals surface area (Å²) in [4.78, 5) is 10.7. The molecule has 0 rings (SSSR count). The molecule has 4 heteroatoms. The molecule has 0 fully saturated rings. The number of hydrogen-bond donors (Lipinski definition) is 0. The molecule has 0 heterocycles. The van der Waals surface area contributed by atoms with Gasteiger partial charge in [0.1, 0.15) is 0 Å². The zero-order chi connectivity index (χ0) is 8.85. The molecule has 0 radical (unpaired) electrons. The van der Waals surface area contributed by atoms with Crippen LogP contribution in [0.15, 0.2) is 11.4 Å². The summed E-state index contributed by atoms with van der Waals surface area (Å²) < 4.78 is 17.2. The third kappa shape index (κ3) is 3.51. The van der Waals surface area contributed by atoms with E-state index in [2.05, 4.69) is 20.7 Å². The van der Waals surface area contributed by atoms with Crippen LogP contribution in [0.1, 0.15) is 13.8 Å². The normalized spacial score (nSPS) is 12.4. The summed E-state index contributed by atoms with van der Waals surface area (Å²) in [5.74, 6) is -1.69. The van der Waals surface area contributed by atoms with Crippen molar-refractivity contribution in [2.45, 2.75) is 13.8 Å². The van der Waals surface area contributed by atoms with Gasteiger partial charge in [-0.25, -0.2) is 4.79 Å². The Labute approximate surface area is 73.5 Å². The SMILES string of the molecule is CCOC(=O)/C(F)=C(\C)CBr. The van der Waals surface area contributed by atoms with Crippen LogP contribution in [0, 0.1) is 0 Å². The third-order valence-electron chi connectivity index (χ3n) is 1.03. The van der Waals surface area contributed by atoms with Crippen molar-refractivity contribution in [3.05, 3.63) is 11.4 Å². The van der Waals surface area contributed by atoms with E-state index >= 15 is 0 Å². The standard InChI is InChI=1S/C7H10BrFO2/c1-3-11-7(10)6(9)5(2)4-8/h3-4H2,1-2H3/b6-5-. The van der Waals surface area contributed by atoms with Crippen molar-refractivity contribution in [2.24, 2.45) is 0 Å². The number of halogens is 2. The van der Waals surface area contributed by atoms with E-state index < -0.39 is 11.8 Å². The molecule has 0 aromatic rings. The summed E-state index contributed by atoms with van der Waals surface area (Å²) in [6.45, 7) is 3.36. The molecule has 0 amide bonds. The lowest BCUT2D eigenvalue weighted by molar-refractivity contribution is -0.140. The highest BCUT2D eigenvalue weighted by Gasteiger charge is 2.11. The number of allylic oxidation sites excluding steroid dienone is 1. The molecular formula is C7H10BrFO2. The Kier molecular flexibility index (Phi) is 5.11. The second kappa shape index (κ2) is 5.29. The minimum absolute atomic E-state index is 0.196. The van der Waals surface area contributed by atoms with E-state index in [0.29, 0.717) is 10.9 Å². The van der Waals surface area contributed by atoms with E-state index in [1.807, 2.05) is 0 Å². The predicted octanol–water partition coefficient (Wildman–Crippen LogP) is 2.19. The van der Waals surface area contributed by atoms with Crippen molar-refractivity contribution >= 4 is 21.9 Å². The van der Waals surface area contributed by atoms with Gasteiger partial charge in [0.25, 0.3) is 0 Å². The number of esters is 1.